The van der Waals surface area contributed by atoms with E-state index in [-0.39, 0.29) is 16.9 Å². The number of aryl methyl sites for hydroxylation is 1. The summed E-state index contributed by atoms with van der Waals surface area (Å²) in [7, 11) is -3.86. The van der Waals surface area contributed by atoms with E-state index in [1.165, 1.54) is 6.07 Å². The molecule has 6 nitrogen and oxygen atoms in total. The average Bonchev–Trinajstić information content (AvgIpc) is 3.17. The summed E-state index contributed by atoms with van der Waals surface area (Å²) in [4.78, 5) is 12.3. The lowest BCUT2D eigenvalue weighted by atomic mass is 10.1. The van der Waals surface area contributed by atoms with Crippen LogP contribution in [0.1, 0.15) is 31.2 Å². The van der Waals surface area contributed by atoms with Crippen molar-refractivity contribution in [2.75, 3.05) is 16.6 Å². The van der Waals surface area contributed by atoms with Crippen molar-refractivity contribution in [1.82, 2.24) is 0 Å². The smallest absolute Gasteiger partial charge is 0.262 e. The van der Waals surface area contributed by atoms with E-state index in [1.807, 2.05) is 0 Å². The summed E-state index contributed by atoms with van der Waals surface area (Å²) in [5, 5.41) is 3.08. The molecule has 1 heterocycles. The highest BCUT2D eigenvalue weighted by Gasteiger charge is 2.20. The second-order valence-corrected chi connectivity index (χ2v) is 8.85. The van der Waals surface area contributed by atoms with Crippen LogP contribution in [-0.2, 0) is 19.6 Å². The van der Waals surface area contributed by atoms with Gasteiger partial charge in [0, 0.05) is 18.7 Å². The van der Waals surface area contributed by atoms with Crippen LogP contribution in [0.3, 0.4) is 0 Å². The van der Waals surface area contributed by atoms with E-state index in [9.17, 15) is 13.2 Å². The highest BCUT2D eigenvalue weighted by atomic mass is 35.5. The number of nitrogens with one attached hydrogen (secondary N) is 2. The average molecular weight is 423 g/mol. The number of ether oxygens (including phenoxy) is 1. The number of sulfonamides is 1. The zero-order valence-corrected chi connectivity index (χ0v) is 17.1. The molecule has 1 unspecified atom stereocenters. The molecule has 1 amide bonds. The molecule has 2 aromatic rings. The molecule has 1 aliphatic rings. The normalized spacial score (nSPS) is 16.7. The van der Waals surface area contributed by atoms with Crippen LogP contribution in [0.5, 0.6) is 0 Å². The molecule has 0 aliphatic carbocycles. The molecule has 0 bridgehead atoms. The lowest BCUT2D eigenvalue weighted by Crippen LogP contribution is -2.17. The number of hydrogen-bond acceptors (Lipinski definition) is 4. The monoisotopic (exact) mass is 422 g/mol. The van der Waals surface area contributed by atoms with Gasteiger partial charge in [0.05, 0.1) is 21.7 Å². The molecule has 1 atom stereocenters. The van der Waals surface area contributed by atoms with E-state index in [2.05, 4.69) is 10.0 Å². The third kappa shape index (κ3) is 5.25. The Labute approximate surface area is 170 Å². The largest absolute Gasteiger partial charge is 0.378 e. The third-order valence-electron chi connectivity index (χ3n) is 4.60. The maximum absolute atomic E-state index is 12.8. The van der Waals surface area contributed by atoms with Crippen LogP contribution in [0, 0.1) is 6.92 Å². The zero-order chi connectivity index (χ0) is 20.1. The molecule has 1 fully saturated rings. The Morgan fingerprint density at radius 3 is 2.75 bits per heavy atom. The Bertz CT molecular complexity index is 956. The first-order valence-electron chi connectivity index (χ1n) is 9.14. The molecule has 2 N–H and O–H groups in total. The van der Waals surface area contributed by atoms with Crippen LogP contribution in [0.4, 0.5) is 11.4 Å². The lowest BCUT2D eigenvalue weighted by Gasteiger charge is -2.14. The summed E-state index contributed by atoms with van der Waals surface area (Å²) in [6.07, 6.45) is 3.15. The minimum absolute atomic E-state index is 0.0874. The van der Waals surface area contributed by atoms with E-state index >= 15 is 0 Å². The Kier molecular flexibility index (Phi) is 6.59. The molecule has 0 radical (unpaired) electrons. The highest BCUT2D eigenvalue weighted by molar-refractivity contribution is 7.92. The maximum atomic E-state index is 12.8. The van der Waals surface area contributed by atoms with Gasteiger partial charge in [0.2, 0.25) is 5.91 Å². The molecule has 0 aromatic heterocycles. The number of halogens is 1. The van der Waals surface area contributed by atoms with Gasteiger partial charge in [-0.05, 0) is 56.0 Å². The summed E-state index contributed by atoms with van der Waals surface area (Å²) in [6.45, 7) is 2.45. The number of hydrogen-bond donors (Lipinski definition) is 2. The van der Waals surface area contributed by atoms with Crippen LogP contribution in [0.2, 0.25) is 5.02 Å². The fourth-order valence-corrected chi connectivity index (χ4v) is 4.69. The number of carbonyl (C=O) groups is 1. The number of benzene rings is 2. The van der Waals surface area contributed by atoms with Gasteiger partial charge in [-0.15, -0.1) is 0 Å². The second kappa shape index (κ2) is 8.94. The summed E-state index contributed by atoms with van der Waals surface area (Å²) in [6, 6.07) is 11.4. The van der Waals surface area contributed by atoms with Crippen LogP contribution in [-0.4, -0.2) is 27.0 Å². The molecule has 150 valence electrons. The molecule has 8 heteroatoms. The number of amides is 1. The van der Waals surface area contributed by atoms with Crippen LogP contribution < -0.4 is 10.0 Å². The summed E-state index contributed by atoms with van der Waals surface area (Å²) < 4.78 is 33.6. The molecule has 0 spiro atoms. The van der Waals surface area contributed by atoms with Gasteiger partial charge in [0.1, 0.15) is 0 Å². The highest BCUT2D eigenvalue weighted by Crippen LogP contribution is 2.27. The van der Waals surface area contributed by atoms with Crippen molar-refractivity contribution < 1.29 is 17.9 Å². The Morgan fingerprint density at radius 2 is 2.04 bits per heavy atom. The molecule has 1 saturated heterocycles. The van der Waals surface area contributed by atoms with Crippen molar-refractivity contribution in [2.45, 2.75) is 43.6 Å². The minimum atomic E-state index is -3.86. The van der Waals surface area contributed by atoms with E-state index in [0.29, 0.717) is 34.8 Å². The minimum Gasteiger partial charge on any atom is -0.378 e. The number of para-hydroxylation sites is 1. The van der Waals surface area contributed by atoms with Gasteiger partial charge in [-0.25, -0.2) is 8.42 Å². The predicted octanol–water partition coefficient (Wildman–Crippen LogP) is 4.35. The maximum Gasteiger partial charge on any atom is 0.262 e. The third-order valence-corrected chi connectivity index (χ3v) is 6.43. The van der Waals surface area contributed by atoms with Gasteiger partial charge < -0.3 is 10.1 Å². The summed E-state index contributed by atoms with van der Waals surface area (Å²) in [5.74, 6) is -0.165. The molecule has 2 aromatic carbocycles. The van der Waals surface area contributed by atoms with Crippen LogP contribution >= 0.6 is 11.6 Å². The van der Waals surface area contributed by atoms with E-state index in [1.54, 1.807) is 43.3 Å². The molecule has 28 heavy (non-hydrogen) atoms. The van der Waals surface area contributed by atoms with E-state index < -0.39 is 10.0 Å². The van der Waals surface area contributed by atoms with Crippen molar-refractivity contribution in [3.05, 3.63) is 53.1 Å². The fraction of sp³-hybridized carbons (Fsp3) is 0.350. The molecular formula is C20H23ClN2O4S. The first kappa shape index (κ1) is 20.6. The quantitative estimate of drug-likeness (QED) is 0.694. The Morgan fingerprint density at radius 1 is 1.25 bits per heavy atom. The van der Waals surface area contributed by atoms with Gasteiger partial charge in [-0.1, -0.05) is 29.8 Å². The Hall–Kier alpha value is -2.09. The van der Waals surface area contributed by atoms with Gasteiger partial charge >= 0.3 is 0 Å². The predicted molar refractivity (Wildman–Crippen MR) is 110 cm³/mol. The van der Waals surface area contributed by atoms with Gasteiger partial charge in [-0.2, -0.15) is 0 Å². The summed E-state index contributed by atoms with van der Waals surface area (Å²) in [5.41, 5.74) is 1.30. The topological polar surface area (TPSA) is 84.5 Å². The molecular weight excluding hydrogens is 400 g/mol. The number of rotatable bonds is 7. The zero-order valence-electron chi connectivity index (χ0n) is 15.6. The van der Waals surface area contributed by atoms with Gasteiger partial charge in [-0.3, -0.25) is 9.52 Å². The van der Waals surface area contributed by atoms with E-state index in [0.717, 1.165) is 19.4 Å². The van der Waals surface area contributed by atoms with Crippen molar-refractivity contribution in [2.24, 2.45) is 0 Å². The first-order valence-corrected chi connectivity index (χ1v) is 11.0. The first-order chi connectivity index (χ1) is 13.3. The standard InChI is InChI=1S/C20H23ClN2O4S/c1-14-8-9-15(22-20(24)11-10-16-5-4-12-27-16)13-19(14)28(25,26)23-18-7-3-2-6-17(18)21/h2-3,6-9,13,16,23H,4-5,10-12H2,1H3,(H,22,24). The second-order valence-electron chi connectivity index (χ2n) is 6.79. The van der Waals surface area contributed by atoms with Crippen molar-refractivity contribution >= 4 is 38.9 Å². The number of anilines is 2. The van der Waals surface area contributed by atoms with Crippen LogP contribution in [0.15, 0.2) is 47.4 Å². The SMILES string of the molecule is Cc1ccc(NC(=O)CCC2CCCO2)cc1S(=O)(=O)Nc1ccccc1Cl. The van der Waals surface area contributed by atoms with Gasteiger partial charge in [0.25, 0.3) is 10.0 Å². The van der Waals surface area contributed by atoms with Crippen molar-refractivity contribution in [1.29, 1.82) is 0 Å². The van der Waals surface area contributed by atoms with Crippen molar-refractivity contribution in [3.63, 3.8) is 0 Å². The molecule has 1 aliphatic heterocycles. The summed E-state index contributed by atoms with van der Waals surface area (Å²) >= 11 is 6.05. The number of carbonyl (C=O) groups excluding carboxylic acids is 1. The fourth-order valence-electron chi connectivity index (χ4n) is 3.10. The van der Waals surface area contributed by atoms with Crippen molar-refractivity contribution in [3.8, 4) is 0 Å². The van der Waals surface area contributed by atoms with E-state index in [4.69, 9.17) is 16.3 Å². The lowest BCUT2D eigenvalue weighted by molar-refractivity contribution is -0.116. The molecule has 0 saturated carbocycles. The van der Waals surface area contributed by atoms with Gasteiger partial charge in [0.15, 0.2) is 0 Å². The molecule has 3 rings (SSSR count). The Balaban J connectivity index is 1.71. The van der Waals surface area contributed by atoms with Crippen LogP contribution in [0.25, 0.3) is 0 Å².